The van der Waals surface area contributed by atoms with Crippen LogP contribution >= 0.6 is 11.8 Å². The summed E-state index contributed by atoms with van der Waals surface area (Å²) in [7, 11) is 0. The third kappa shape index (κ3) is 3.47. The number of benzene rings is 1. The first-order valence-electron chi connectivity index (χ1n) is 7.56. The first kappa shape index (κ1) is 15.0. The molecule has 0 amide bonds. The van der Waals surface area contributed by atoms with Crippen LogP contribution in [0.4, 0.5) is 0 Å². The van der Waals surface area contributed by atoms with Crippen molar-refractivity contribution in [2.24, 2.45) is 0 Å². The second-order valence-corrected chi connectivity index (χ2v) is 6.27. The van der Waals surface area contributed by atoms with Gasteiger partial charge in [0.25, 0.3) is 0 Å². The summed E-state index contributed by atoms with van der Waals surface area (Å²) in [4.78, 5) is 21.1. The van der Waals surface area contributed by atoms with Crippen molar-refractivity contribution in [3.63, 3.8) is 0 Å². The third-order valence-electron chi connectivity index (χ3n) is 3.63. The zero-order valence-corrected chi connectivity index (χ0v) is 13.4. The van der Waals surface area contributed by atoms with Crippen LogP contribution in [0.1, 0.15) is 41.5 Å². The largest absolute Gasteiger partial charge is 0.460 e. The highest BCUT2D eigenvalue weighted by molar-refractivity contribution is 7.99. The maximum absolute atomic E-state index is 11.7. The van der Waals surface area contributed by atoms with E-state index in [0.717, 1.165) is 16.3 Å². The van der Waals surface area contributed by atoms with E-state index < -0.39 is 5.97 Å². The van der Waals surface area contributed by atoms with Crippen molar-refractivity contribution in [1.82, 2.24) is 9.97 Å². The Bertz CT molecular complexity index is 688. The van der Waals surface area contributed by atoms with Crippen LogP contribution in [-0.2, 0) is 17.6 Å². The van der Waals surface area contributed by atoms with Gasteiger partial charge in [-0.2, -0.15) is 0 Å². The second kappa shape index (κ2) is 6.92. The van der Waals surface area contributed by atoms with Gasteiger partial charge in [-0.05, 0) is 61.9 Å². The minimum atomic E-state index is -0.476. The summed E-state index contributed by atoms with van der Waals surface area (Å²) in [5.74, 6) is -0.361. The first-order chi connectivity index (χ1) is 10.8. The maximum atomic E-state index is 11.7. The Morgan fingerprint density at radius 1 is 1.23 bits per heavy atom. The van der Waals surface area contributed by atoms with E-state index in [1.807, 2.05) is 6.07 Å². The molecular weight excluding hydrogens is 296 g/mol. The summed E-state index contributed by atoms with van der Waals surface area (Å²) in [6.45, 7) is 2.09. The van der Waals surface area contributed by atoms with Crippen molar-refractivity contribution in [3.8, 4) is 0 Å². The zero-order chi connectivity index (χ0) is 15.4. The van der Waals surface area contributed by atoms with Gasteiger partial charge >= 0.3 is 5.97 Å². The lowest BCUT2D eigenvalue weighted by molar-refractivity contribution is 0.0511. The van der Waals surface area contributed by atoms with E-state index in [0.29, 0.717) is 6.61 Å². The lowest BCUT2D eigenvalue weighted by Gasteiger charge is -2.16. The van der Waals surface area contributed by atoms with E-state index >= 15 is 0 Å². The van der Waals surface area contributed by atoms with Crippen molar-refractivity contribution in [2.45, 2.75) is 42.5 Å². The molecule has 0 unspecified atom stereocenters. The van der Waals surface area contributed by atoms with E-state index in [-0.39, 0.29) is 5.82 Å². The van der Waals surface area contributed by atoms with Crippen LogP contribution in [0.25, 0.3) is 0 Å². The van der Waals surface area contributed by atoms with E-state index in [9.17, 15) is 4.79 Å². The Labute approximate surface area is 134 Å². The summed E-state index contributed by atoms with van der Waals surface area (Å²) >= 11 is 1.55. The number of carbonyl (C=O) groups excluding carboxylic acids is 1. The molecule has 114 valence electrons. The molecule has 4 nitrogen and oxygen atoms in total. The highest BCUT2D eigenvalue weighted by atomic mass is 32.2. The number of aromatic nitrogens is 2. The number of nitrogens with zero attached hydrogens (tertiary/aromatic N) is 2. The Balaban J connectivity index is 1.78. The molecule has 5 heteroatoms. The molecule has 2 aromatic rings. The predicted molar refractivity (Wildman–Crippen MR) is 85.2 cm³/mol. The molecule has 1 aromatic carbocycles. The standard InChI is InChI=1S/C17H18N2O2S/c1-2-21-17(20)16-18-10-9-15(19-16)22-14-8-7-12-5-3-4-6-13(12)11-14/h7-11H,2-6H2,1H3. The molecule has 0 fully saturated rings. The van der Waals surface area contributed by atoms with Gasteiger partial charge in [0.05, 0.1) is 6.61 Å². The van der Waals surface area contributed by atoms with E-state index in [4.69, 9.17) is 4.74 Å². The quantitative estimate of drug-likeness (QED) is 0.636. The number of hydrogen-bond donors (Lipinski definition) is 0. The third-order valence-corrected chi connectivity index (χ3v) is 4.56. The Kier molecular flexibility index (Phi) is 4.73. The van der Waals surface area contributed by atoms with Gasteiger partial charge in [0, 0.05) is 11.1 Å². The van der Waals surface area contributed by atoms with Gasteiger partial charge in [0.1, 0.15) is 5.03 Å². The van der Waals surface area contributed by atoms with Crippen molar-refractivity contribution in [2.75, 3.05) is 6.61 Å². The summed E-state index contributed by atoms with van der Waals surface area (Å²) in [5, 5.41) is 0.758. The molecule has 1 aliphatic carbocycles. The summed E-state index contributed by atoms with van der Waals surface area (Å²) in [6, 6.07) is 8.39. The van der Waals surface area contributed by atoms with Gasteiger partial charge < -0.3 is 4.74 Å². The Morgan fingerprint density at radius 3 is 2.86 bits per heavy atom. The minimum Gasteiger partial charge on any atom is -0.460 e. The zero-order valence-electron chi connectivity index (χ0n) is 12.5. The fraction of sp³-hybridized carbons (Fsp3) is 0.353. The molecule has 0 aliphatic heterocycles. The number of aryl methyl sites for hydroxylation is 2. The lowest BCUT2D eigenvalue weighted by Crippen LogP contribution is -2.09. The summed E-state index contributed by atoms with van der Waals surface area (Å²) in [5.41, 5.74) is 2.90. The molecule has 0 bridgehead atoms. The molecule has 0 atom stereocenters. The fourth-order valence-electron chi connectivity index (χ4n) is 2.59. The fourth-order valence-corrected chi connectivity index (χ4v) is 3.43. The molecule has 0 N–H and O–H groups in total. The van der Waals surface area contributed by atoms with Crippen molar-refractivity contribution >= 4 is 17.7 Å². The van der Waals surface area contributed by atoms with Crippen molar-refractivity contribution < 1.29 is 9.53 Å². The Morgan fingerprint density at radius 2 is 2.05 bits per heavy atom. The van der Waals surface area contributed by atoms with Gasteiger partial charge in [0.2, 0.25) is 5.82 Å². The van der Waals surface area contributed by atoms with Gasteiger partial charge in [0.15, 0.2) is 0 Å². The average Bonchev–Trinajstić information content (AvgIpc) is 2.55. The summed E-state index contributed by atoms with van der Waals surface area (Å²) < 4.78 is 4.93. The van der Waals surface area contributed by atoms with E-state index in [1.165, 1.54) is 30.4 Å². The molecule has 1 aromatic heterocycles. The van der Waals surface area contributed by atoms with Crippen LogP contribution in [-0.4, -0.2) is 22.5 Å². The molecule has 3 rings (SSSR count). The number of carbonyl (C=O) groups is 1. The molecule has 0 radical (unpaired) electrons. The normalized spacial score (nSPS) is 13.5. The molecule has 0 saturated carbocycles. The number of fused-ring (bicyclic) bond motifs is 1. The van der Waals surface area contributed by atoms with Crippen LogP contribution in [0.5, 0.6) is 0 Å². The minimum absolute atomic E-state index is 0.116. The number of hydrogen-bond acceptors (Lipinski definition) is 5. The van der Waals surface area contributed by atoms with Crippen molar-refractivity contribution in [3.05, 3.63) is 47.4 Å². The van der Waals surface area contributed by atoms with Crippen LogP contribution in [0, 0.1) is 0 Å². The van der Waals surface area contributed by atoms with E-state index in [1.54, 1.807) is 24.9 Å². The summed E-state index contributed by atoms with van der Waals surface area (Å²) in [6.07, 6.45) is 6.48. The van der Waals surface area contributed by atoms with Crippen LogP contribution in [0.15, 0.2) is 40.4 Å². The predicted octanol–water partition coefficient (Wildman–Crippen LogP) is 3.68. The number of rotatable bonds is 4. The molecular formula is C17H18N2O2S. The van der Waals surface area contributed by atoms with Gasteiger partial charge in [-0.3, -0.25) is 0 Å². The van der Waals surface area contributed by atoms with Gasteiger partial charge in [-0.1, -0.05) is 17.8 Å². The number of esters is 1. The SMILES string of the molecule is CCOC(=O)c1nccc(Sc2ccc3c(c2)CCCC3)n1. The highest BCUT2D eigenvalue weighted by Crippen LogP contribution is 2.30. The second-order valence-electron chi connectivity index (χ2n) is 5.18. The average molecular weight is 314 g/mol. The van der Waals surface area contributed by atoms with Gasteiger partial charge in [-0.15, -0.1) is 0 Å². The monoisotopic (exact) mass is 314 g/mol. The Hall–Kier alpha value is -1.88. The first-order valence-corrected chi connectivity index (χ1v) is 8.37. The molecule has 1 heterocycles. The van der Waals surface area contributed by atoms with Gasteiger partial charge in [-0.25, -0.2) is 14.8 Å². The lowest BCUT2D eigenvalue weighted by atomic mass is 9.92. The van der Waals surface area contributed by atoms with Crippen molar-refractivity contribution in [1.29, 1.82) is 0 Å². The maximum Gasteiger partial charge on any atom is 0.376 e. The highest BCUT2D eigenvalue weighted by Gasteiger charge is 2.13. The molecule has 0 spiro atoms. The van der Waals surface area contributed by atoms with Crippen LogP contribution in [0.2, 0.25) is 0 Å². The molecule has 1 aliphatic rings. The smallest absolute Gasteiger partial charge is 0.376 e. The van der Waals surface area contributed by atoms with Crippen LogP contribution < -0.4 is 0 Å². The number of ether oxygens (including phenoxy) is 1. The molecule has 22 heavy (non-hydrogen) atoms. The topological polar surface area (TPSA) is 52.1 Å². The molecule has 0 saturated heterocycles. The van der Waals surface area contributed by atoms with Crippen LogP contribution in [0.3, 0.4) is 0 Å². The van der Waals surface area contributed by atoms with E-state index in [2.05, 4.69) is 28.2 Å².